The molecule has 5 atom stereocenters. The van der Waals surface area contributed by atoms with Gasteiger partial charge in [-0.15, -0.1) is 0 Å². The highest BCUT2D eigenvalue weighted by Gasteiger charge is 2.55. The topological polar surface area (TPSA) is 44.6 Å². The highest BCUT2D eigenvalue weighted by Crippen LogP contribution is 2.57. The van der Waals surface area contributed by atoms with E-state index in [1.165, 1.54) is 12.3 Å². The molecule has 0 aromatic heterocycles. The Morgan fingerprint density at radius 3 is 2.15 bits per heavy atom. The third-order valence-electron chi connectivity index (χ3n) is 5.40. The molecule has 0 aromatic carbocycles. The van der Waals surface area contributed by atoms with Gasteiger partial charge in [-0.05, 0) is 37.0 Å². The summed E-state index contributed by atoms with van der Waals surface area (Å²) < 4.78 is 31.5. The molecule has 3 saturated carbocycles. The van der Waals surface area contributed by atoms with E-state index in [1.807, 2.05) is 0 Å². The lowest BCUT2D eigenvalue weighted by molar-refractivity contribution is -0.890. The molecule has 0 radical (unpaired) electrons. The first kappa shape index (κ1) is 15.6. The molecule has 6 heteroatoms. The third kappa shape index (κ3) is 2.95. The van der Waals surface area contributed by atoms with Gasteiger partial charge in [0, 0.05) is 12.3 Å². The zero-order valence-corrected chi connectivity index (χ0v) is 11.9. The molecule has 0 saturated heterocycles. The number of rotatable bonds is 1. The van der Waals surface area contributed by atoms with Gasteiger partial charge in [-0.3, -0.25) is 0 Å². The number of carboxylic acids is 1. The van der Waals surface area contributed by atoms with Gasteiger partial charge in [0.25, 0.3) is 0 Å². The van der Waals surface area contributed by atoms with Crippen LogP contribution >= 0.6 is 0 Å². The van der Waals surface area contributed by atoms with Gasteiger partial charge < -0.3 is 14.8 Å². The SMILES string of the molecule is C[NH+](C)C1CC2CC1C1CCCC21.O=C([O-])C(F)(F)F. The van der Waals surface area contributed by atoms with Crippen LogP contribution in [0.4, 0.5) is 13.2 Å². The molecule has 0 heterocycles. The summed E-state index contributed by atoms with van der Waals surface area (Å²) in [5, 5.41) is 8.78. The van der Waals surface area contributed by atoms with E-state index in [4.69, 9.17) is 9.90 Å². The van der Waals surface area contributed by atoms with Crippen LogP contribution in [0, 0.1) is 23.7 Å². The summed E-state index contributed by atoms with van der Waals surface area (Å²) in [6.45, 7) is 0. The van der Waals surface area contributed by atoms with Gasteiger partial charge >= 0.3 is 6.18 Å². The van der Waals surface area contributed by atoms with Crippen LogP contribution in [0.5, 0.6) is 0 Å². The van der Waals surface area contributed by atoms with Crippen LogP contribution in [0.15, 0.2) is 0 Å². The Kier molecular flexibility index (Phi) is 4.33. The molecule has 0 amide bonds. The molecule has 116 valence electrons. The Labute approximate surface area is 117 Å². The summed E-state index contributed by atoms with van der Waals surface area (Å²) in [6, 6.07) is 1.02. The predicted octanol–water partition coefficient (Wildman–Crippen LogP) is 0.254. The van der Waals surface area contributed by atoms with Crippen molar-refractivity contribution in [2.75, 3.05) is 14.1 Å². The molecule has 3 aliphatic carbocycles. The standard InChI is InChI=1S/C12H21N.C2HF3O2/c1-13(2)12-7-8-6-11(12)10-5-3-4-9(8)10;3-2(4,5)1(6)7/h8-12H,3-7H2,1-2H3;(H,6,7). The molecule has 3 nitrogen and oxygen atoms in total. The zero-order valence-electron chi connectivity index (χ0n) is 11.9. The van der Waals surface area contributed by atoms with E-state index < -0.39 is 12.1 Å². The van der Waals surface area contributed by atoms with Crippen molar-refractivity contribution < 1.29 is 28.0 Å². The van der Waals surface area contributed by atoms with Crippen molar-refractivity contribution in [3.05, 3.63) is 0 Å². The lowest BCUT2D eigenvalue weighted by Gasteiger charge is -2.33. The Bertz CT molecular complexity index is 368. The molecule has 3 rings (SSSR count). The van der Waals surface area contributed by atoms with Crippen molar-refractivity contribution in [2.45, 2.75) is 44.3 Å². The first-order valence-electron chi connectivity index (χ1n) is 7.30. The monoisotopic (exact) mass is 293 g/mol. The van der Waals surface area contributed by atoms with E-state index in [2.05, 4.69) is 14.1 Å². The maximum Gasteiger partial charge on any atom is 0.430 e. The van der Waals surface area contributed by atoms with Crippen LogP contribution < -0.4 is 10.0 Å². The molecule has 1 N–H and O–H groups in total. The zero-order chi connectivity index (χ0) is 15.1. The summed E-state index contributed by atoms with van der Waals surface area (Å²) in [6.07, 6.45) is 2.62. The molecule has 3 aliphatic rings. The van der Waals surface area contributed by atoms with E-state index in [9.17, 15) is 13.2 Å². The molecular weight excluding hydrogens is 271 g/mol. The van der Waals surface area contributed by atoms with Gasteiger partial charge in [0.05, 0.1) is 20.1 Å². The number of aliphatic carboxylic acids is 1. The fourth-order valence-corrected chi connectivity index (χ4v) is 4.73. The smallest absolute Gasteiger partial charge is 0.430 e. The van der Waals surface area contributed by atoms with Gasteiger partial charge in [-0.2, -0.15) is 13.2 Å². The Morgan fingerprint density at radius 1 is 1.10 bits per heavy atom. The second-order valence-electron chi connectivity index (χ2n) is 6.62. The fraction of sp³-hybridized carbons (Fsp3) is 0.929. The van der Waals surface area contributed by atoms with E-state index in [-0.39, 0.29) is 0 Å². The number of alkyl halides is 3. The number of carboxylic acid groups (broad SMARTS) is 1. The fourth-order valence-electron chi connectivity index (χ4n) is 4.73. The number of carbonyl (C=O) groups excluding carboxylic acids is 1. The first-order valence-corrected chi connectivity index (χ1v) is 7.30. The van der Waals surface area contributed by atoms with Crippen LogP contribution in [-0.4, -0.2) is 32.3 Å². The number of halogens is 3. The van der Waals surface area contributed by atoms with Crippen LogP contribution in [0.1, 0.15) is 32.1 Å². The molecular formula is C14H22F3NO2. The maximum absolute atomic E-state index is 10.5. The van der Waals surface area contributed by atoms with Gasteiger partial charge in [0.15, 0.2) is 0 Å². The molecule has 0 spiro atoms. The quantitative estimate of drug-likeness (QED) is 0.753. The van der Waals surface area contributed by atoms with Crippen molar-refractivity contribution in [3.8, 4) is 0 Å². The lowest BCUT2D eigenvalue weighted by atomic mass is 9.79. The largest absolute Gasteiger partial charge is 0.542 e. The minimum absolute atomic E-state index is 1.02. The number of hydrogen-bond donors (Lipinski definition) is 1. The van der Waals surface area contributed by atoms with E-state index in [1.54, 1.807) is 30.6 Å². The minimum atomic E-state index is -5.19. The third-order valence-corrected chi connectivity index (χ3v) is 5.40. The van der Waals surface area contributed by atoms with Crippen molar-refractivity contribution in [3.63, 3.8) is 0 Å². The highest BCUT2D eigenvalue weighted by molar-refractivity contribution is 5.70. The molecule has 0 aromatic rings. The van der Waals surface area contributed by atoms with Gasteiger partial charge in [-0.1, -0.05) is 6.42 Å². The molecule has 20 heavy (non-hydrogen) atoms. The van der Waals surface area contributed by atoms with Crippen molar-refractivity contribution in [1.82, 2.24) is 0 Å². The number of hydrogen-bond acceptors (Lipinski definition) is 2. The van der Waals surface area contributed by atoms with Gasteiger partial charge in [-0.25, -0.2) is 0 Å². The average Bonchev–Trinajstić information content (AvgIpc) is 3.00. The second kappa shape index (κ2) is 5.54. The van der Waals surface area contributed by atoms with Crippen LogP contribution in [0.25, 0.3) is 0 Å². The first-order chi connectivity index (χ1) is 9.21. The average molecular weight is 293 g/mol. The van der Waals surface area contributed by atoms with Gasteiger partial charge in [0.2, 0.25) is 0 Å². The summed E-state index contributed by atoms with van der Waals surface area (Å²) in [7, 11) is 4.71. The lowest BCUT2D eigenvalue weighted by Crippen LogP contribution is -3.10. The van der Waals surface area contributed by atoms with Gasteiger partial charge in [0.1, 0.15) is 5.97 Å². The molecule has 0 aliphatic heterocycles. The molecule has 2 bridgehead atoms. The summed E-state index contributed by atoms with van der Waals surface area (Å²) >= 11 is 0. The number of fused-ring (bicyclic) bond motifs is 5. The molecule has 3 fully saturated rings. The summed E-state index contributed by atoms with van der Waals surface area (Å²) in [5.74, 6) is 1.56. The number of quaternary nitrogens is 1. The number of nitrogens with one attached hydrogen (secondary N) is 1. The maximum atomic E-state index is 10.5. The Balaban J connectivity index is 0.000000182. The minimum Gasteiger partial charge on any atom is -0.542 e. The van der Waals surface area contributed by atoms with E-state index >= 15 is 0 Å². The van der Waals surface area contributed by atoms with E-state index in [0.29, 0.717) is 0 Å². The van der Waals surface area contributed by atoms with Crippen molar-refractivity contribution >= 4 is 5.97 Å². The summed E-state index contributed by atoms with van der Waals surface area (Å²) in [4.78, 5) is 10.5. The van der Waals surface area contributed by atoms with Crippen LogP contribution in [0.3, 0.4) is 0 Å². The number of carbonyl (C=O) groups is 1. The van der Waals surface area contributed by atoms with Crippen molar-refractivity contribution in [1.29, 1.82) is 0 Å². The second-order valence-corrected chi connectivity index (χ2v) is 6.62. The predicted molar refractivity (Wildman–Crippen MR) is 64.7 cm³/mol. The molecule has 5 unspecified atom stereocenters. The Morgan fingerprint density at radius 2 is 1.65 bits per heavy atom. The van der Waals surface area contributed by atoms with Crippen LogP contribution in [-0.2, 0) is 4.79 Å². The van der Waals surface area contributed by atoms with Crippen LogP contribution in [0.2, 0.25) is 0 Å². The summed E-state index contributed by atoms with van der Waals surface area (Å²) in [5.41, 5.74) is 0. The highest BCUT2D eigenvalue weighted by atomic mass is 19.4. The Hall–Kier alpha value is -0.780. The normalized spacial score (nSPS) is 38.6. The van der Waals surface area contributed by atoms with E-state index in [0.717, 1.165) is 23.8 Å². The van der Waals surface area contributed by atoms with Crippen molar-refractivity contribution in [2.24, 2.45) is 23.7 Å².